The number of benzene rings is 1. The number of alkyl carbamates (subject to hydrolysis) is 1. The van der Waals surface area contributed by atoms with Crippen LogP contribution in [-0.2, 0) is 16.1 Å². The van der Waals surface area contributed by atoms with Gasteiger partial charge in [0.2, 0.25) is 5.91 Å². The van der Waals surface area contributed by atoms with E-state index >= 15 is 0 Å². The smallest absolute Gasteiger partial charge is 0.408 e. The maximum Gasteiger partial charge on any atom is 0.408 e. The molecule has 0 heterocycles. The summed E-state index contributed by atoms with van der Waals surface area (Å²) in [6, 6.07) is 8.63. The fraction of sp³-hybridized carbons (Fsp3) is 0.429. The monoisotopic (exact) mass is 300 g/mol. The first kappa shape index (κ1) is 18.2. The lowest BCUT2D eigenvalue weighted by molar-refractivity contribution is -0.120. The van der Waals surface area contributed by atoms with Gasteiger partial charge in [0.15, 0.2) is 0 Å². The Bertz CT molecular complexity index is 424. The second kappa shape index (κ2) is 9.20. The highest BCUT2D eigenvalue weighted by Gasteiger charge is 2.19. The van der Waals surface area contributed by atoms with Crippen LogP contribution >= 0.6 is 12.4 Å². The van der Waals surface area contributed by atoms with E-state index in [-0.39, 0.29) is 24.9 Å². The molecule has 6 heteroatoms. The number of rotatable bonds is 6. The summed E-state index contributed by atoms with van der Waals surface area (Å²) in [7, 11) is 0. The molecule has 1 rings (SSSR count). The van der Waals surface area contributed by atoms with Crippen molar-refractivity contribution in [3.63, 3.8) is 0 Å². The summed E-state index contributed by atoms with van der Waals surface area (Å²) in [4.78, 5) is 22.8. The van der Waals surface area contributed by atoms with Crippen LogP contribution in [0.5, 0.6) is 0 Å². The van der Waals surface area contributed by atoms with Gasteiger partial charge in [-0.2, -0.15) is 0 Å². The quantitative estimate of drug-likeness (QED) is 0.845. The number of carbonyl (C=O) groups excluding carboxylic acids is 2. The normalized spacial score (nSPS) is 11.3. The lowest BCUT2D eigenvalue weighted by Crippen LogP contribution is -2.45. The van der Waals surface area contributed by atoms with Crippen molar-refractivity contribution in [1.29, 1.82) is 0 Å². The minimum absolute atomic E-state index is 0. The molecular formula is C14H21ClN2O3. The highest BCUT2D eigenvalue weighted by molar-refractivity contribution is 5.85. The van der Waals surface area contributed by atoms with E-state index in [0.29, 0.717) is 6.42 Å². The van der Waals surface area contributed by atoms with Gasteiger partial charge in [0.05, 0.1) is 0 Å². The summed E-state index contributed by atoms with van der Waals surface area (Å²) in [6.45, 7) is 4.07. The van der Waals surface area contributed by atoms with Gasteiger partial charge in [0.1, 0.15) is 12.6 Å². The molecule has 1 atom stereocenters. The Morgan fingerprint density at radius 2 is 1.85 bits per heavy atom. The number of primary amides is 1. The van der Waals surface area contributed by atoms with E-state index in [1.807, 2.05) is 44.2 Å². The van der Waals surface area contributed by atoms with Crippen LogP contribution in [0, 0.1) is 5.92 Å². The van der Waals surface area contributed by atoms with E-state index in [0.717, 1.165) is 5.56 Å². The van der Waals surface area contributed by atoms with Crippen LogP contribution in [0.3, 0.4) is 0 Å². The third kappa shape index (κ3) is 6.99. The summed E-state index contributed by atoms with van der Waals surface area (Å²) in [5.41, 5.74) is 6.12. The minimum Gasteiger partial charge on any atom is -0.445 e. The predicted octanol–water partition coefficient (Wildman–Crippen LogP) is 2.23. The van der Waals surface area contributed by atoms with Gasteiger partial charge in [-0.15, -0.1) is 12.4 Å². The van der Waals surface area contributed by atoms with E-state index in [4.69, 9.17) is 10.5 Å². The third-order valence-electron chi connectivity index (χ3n) is 2.56. The number of hydrogen-bond acceptors (Lipinski definition) is 3. The van der Waals surface area contributed by atoms with Crippen molar-refractivity contribution < 1.29 is 14.3 Å². The van der Waals surface area contributed by atoms with Crippen molar-refractivity contribution in [2.45, 2.75) is 32.9 Å². The van der Waals surface area contributed by atoms with Crippen LogP contribution < -0.4 is 11.1 Å². The highest BCUT2D eigenvalue weighted by Crippen LogP contribution is 2.05. The molecule has 0 saturated heterocycles. The average Bonchev–Trinajstić information content (AvgIpc) is 2.36. The summed E-state index contributed by atoms with van der Waals surface area (Å²) in [5.74, 6) is -0.294. The van der Waals surface area contributed by atoms with Gasteiger partial charge in [0, 0.05) is 0 Å². The van der Waals surface area contributed by atoms with E-state index in [2.05, 4.69) is 5.32 Å². The molecule has 3 N–H and O–H groups in total. The molecule has 2 amide bonds. The minimum atomic E-state index is -0.691. The molecule has 20 heavy (non-hydrogen) atoms. The first-order chi connectivity index (χ1) is 8.99. The van der Waals surface area contributed by atoms with E-state index in [1.54, 1.807) is 0 Å². The Kier molecular flexibility index (Phi) is 8.40. The first-order valence-corrected chi connectivity index (χ1v) is 6.25. The Morgan fingerprint density at radius 3 is 2.35 bits per heavy atom. The van der Waals surface area contributed by atoms with Crippen LogP contribution in [0.1, 0.15) is 25.8 Å². The number of ether oxygens (including phenoxy) is 1. The molecule has 0 saturated carbocycles. The van der Waals surface area contributed by atoms with Crippen molar-refractivity contribution in [2.75, 3.05) is 0 Å². The van der Waals surface area contributed by atoms with Crippen molar-refractivity contribution in [1.82, 2.24) is 5.32 Å². The number of amides is 2. The molecule has 0 aliphatic rings. The lowest BCUT2D eigenvalue weighted by Gasteiger charge is -2.17. The summed E-state index contributed by atoms with van der Waals surface area (Å²) in [5, 5.41) is 2.48. The fourth-order valence-corrected chi connectivity index (χ4v) is 1.62. The lowest BCUT2D eigenvalue weighted by atomic mass is 10.0. The van der Waals surface area contributed by atoms with Gasteiger partial charge in [-0.1, -0.05) is 44.2 Å². The molecule has 0 aromatic heterocycles. The molecule has 0 fully saturated rings. The fourth-order valence-electron chi connectivity index (χ4n) is 1.62. The van der Waals surface area contributed by atoms with Gasteiger partial charge in [-0.05, 0) is 17.9 Å². The largest absolute Gasteiger partial charge is 0.445 e. The number of carbonyl (C=O) groups is 2. The number of nitrogens with one attached hydrogen (secondary N) is 1. The molecule has 5 nitrogen and oxygen atoms in total. The van der Waals surface area contributed by atoms with Gasteiger partial charge < -0.3 is 15.8 Å². The van der Waals surface area contributed by atoms with Crippen molar-refractivity contribution in [3.05, 3.63) is 35.9 Å². The van der Waals surface area contributed by atoms with Gasteiger partial charge >= 0.3 is 6.09 Å². The second-order valence-corrected chi connectivity index (χ2v) is 4.79. The molecule has 0 aliphatic heterocycles. The standard InChI is InChI=1S/C14H20N2O3.ClH/c1-10(2)8-12(13(15)17)16-14(18)19-9-11-6-4-3-5-7-11;/h3-7,10,12H,8-9H2,1-2H3,(H2,15,17)(H,16,18);1H/t12-;/m0./s1. The van der Waals surface area contributed by atoms with Crippen molar-refractivity contribution >= 4 is 24.4 Å². The Labute approximate surface area is 125 Å². The molecule has 0 aliphatic carbocycles. The third-order valence-corrected chi connectivity index (χ3v) is 2.56. The maximum atomic E-state index is 11.6. The van der Waals surface area contributed by atoms with Gasteiger partial charge in [-0.3, -0.25) is 4.79 Å². The van der Waals surface area contributed by atoms with Crippen molar-refractivity contribution in [3.8, 4) is 0 Å². The summed E-state index contributed by atoms with van der Waals surface area (Å²) >= 11 is 0. The van der Waals surface area contributed by atoms with Gasteiger partial charge in [-0.25, -0.2) is 4.79 Å². The van der Waals surface area contributed by atoms with Crippen LogP contribution in [0.15, 0.2) is 30.3 Å². The SMILES string of the molecule is CC(C)C[C@H](NC(=O)OCc1ccccc1)C(N)=O.Cl. The molecule has 112 valence electrons. The Hall–Kier alpha value is -1.75. The van der Waals surface area contributed by atoms with E-state index in [1.165, 1.54) is 0 Å². The first-order valence-electron chi connectivity index (χ1n) is 6.25. The summed E-state index contributed by atoms with van der Waals surface area (Å²) < 4.78 is 5.03. The number of nitrogens with two attached hydrogens (primary N) is 1. The highest BCUT2D eigenvalue weighted by atomic mass is 35.5. The molecule has 1 aromatic rings. The van der Waals surface area contributed by atoms with Crippen LogP contribution in [-0.4, -0.2) is 18.0 Å². The van der Waals surface area contributed by atoms with Crippen molar-refractivity contribution in [2.24, 2.45) is 11.7 Å². The zero-order chi connectivity index (χ0) is 14.3. The summed E-state index contributed by atoms with van der Waals surface area (Å²) in [6.07, 6.45) is -0.135. The molecular weight excluding hydrogens is 280 g/mol. The second-order valence-electron chi connectivity index (χ2n) is 4.79. The van der Waals surface area contributed by atoms with Crippen LogP contribution in [0.25, 0.3) is 0 Å². The molecule has 0 bridgehead atoms. The Balaban J connectivity index is 0.00000361. The zero-order valence-corrected chi connectivity index (χ0v) is 12.5. The zero-order valence-electron chi connectivity index (χ0n) is 11.7. The molecule has 0 spiro atoms. The van der Waals surface area contributed by atoms with Crippen LogP contribution in [0.2, 0.25) is 0 Å². The molecule has 1 aromatic carbocycles. The van der Waals surface area contributed by atoms with E-state index < -0.39 is 18.0 Å². The van der Waals surface area contributed by atoms with Gasteiger partial charge in [0.25, 0.3) is 0 Å². The topological polar surface area (TPSA) is 81.4 Å². The number of halogens is 1. The predicted molar refractivity (Wildman–Crippen MR) is 79.4 cm³/mol. The van der Waals surface area contributed by atoms with E-state index in [9.17, 15) is 9.59 Å². The molecule has 0 radical (unpaired) electrons. The molecule has 0 unspecified atom stereocenters. The number of hydrogen-bond donors (Lipinski definition) is 2. The Morgan fingerprint density at radius 1 is 1.25 bits per heavy atom. The maximum absolute atomic E-state index is 11.6. The average molecular weight is 301 g/mol. The van der Waals surface area contributed by atoms with Crippen LogP contribution in [0.4, 0.5) is 4.79 Å².